The van der Waals surface area contributed by atoms with E-state index >= 15 is 0 Å². The maximum Gasteiger partial charge on any atom is 0.205 e. The molecule has 0 aliphatic heterocycles. The minimum atomic E-state index is 0.323. The second-order valence-corrected chi connectivity index (χ2v) is 6.11. The van der Waals surface area contributed by atoms with Gasteiger partial charge in [-0.15, -0.1) is 0 Å². The highest BCUT2D eigenvalue weighted by Gasteiger charge is 2.06. The minimum absolute atomic E-state index is 0.323. The molecule has 26 heavy (non-hydrogen) atoms. The van der Waals surface area contributed by atoms with Crippen LogP contribution in [0.4, 0.5) is 0 Å². The lowest BCUT2D eigenvalue weighted by Gasteiger charge is -2.08. The third-order valence-corrected chi connectivity index (χ3v) is 4.23. The summed E-state index contributed by atoms with van der Waals surface area (Å²) < 4.78 is 5.19. The molecule has 1 aromatic heterocycles. The molecule has 0 aliphatic carbocycles. The van der Waals surface area contributed by atoms with Gasteiger partial charge in [0.2, 0.25) is 5.89 Å². The highest BCUT2D eigenvalue weighted by Crippen LogP contribution is 2.27. The molecule has 0 saturated heterocycles. The zero-order valence-electron chi connectivity index (χ0n) is 14.1. The van der Waals surface area contributed by atoms with Crippen molar-refractivity contribution in [3.63, 3.8) is 0 Å². The summed E-state index contributed by atoms with van der Waals surface area (Å²) in [6.45, 7) is 0. The second kappa shape index (κ2) is 7.16. The quantitative estimate of drug-likeness (QED) is 0.550. The van der Waals surface area contributed by atoms with Gasteiger partial charge in [0, 0.05) is 12.0 Å². The molecule has 0 spiro atoms. The van der Waals surface area contributed by atoms with Crippen molar-refractivity contribution in [2.24, 2.45) is 0 Å². The monoisotopic (exact) mass is 339 g/mol. The van der Waals surface area contributed by atoms with Gasteiger partial charge in [-0.2, -0.15) is 0 Å². The van der Waals surface area contributed by atoms with Crippen molar-refractivity contribution in [2.75, 3.05) is 0 Å². The predicted molar refractivity (Wildman–Crippen MR) is 102 cm³/mol. The number of oxazole rings is 1. The summed E-state index contributed by atoms with van der Waals surface area (Å²) >= 11 is 0. The number of phenols is 1. The van der Waals surface area contributed by atoms with Crippen LogP contribution >= 0.6 is 0 Å². The molecule has 4 aromatic rings. The smallest absolute Gasteiger partial charge is 0.205 e. The van der Waals surface area contributed by atoms with Gasteiger partial charge >= 0.3 is 0 Å². The van der Waals surface area contributed by atoms with E-state index in [9.17, 15) is 5.11 Å². The van der Waals surface area contributed by atoms with E-state index in [0.717, 1.165) is 21.9 Å². The van der Waals surface area contributed by atoms with Gasteiger partial charge in [0.15, 0.2) is 0 Å². The van der Waals surface area contributed by atoms with Gasteiger partial charge in [-0.3, -0.25) is 0 Å². The Kier molecular flexibility index (Phi) is 4.40. The van der Waals surface area contributed by atoms with Crippen molar-refractivity contribution in [1.82, 2.24) is 4.98 Å². The highest BCUT2D eigenvalue weighted by molar-refractivity contribution is 5.86. The Morgan fingerprint density at radius 2 is 1.85 bits per heavy atom. The Labute approximate surface area is 151 Å². The molecule has 1 heterocycles. The summed E-state index contributed by atoms with van der Waals surface area (Å²) in [5.74, 6) is 7.17. The standard InChI is InChI=1S/C23H17NO2/c25-22-16-19-10-9-18(7-4-8-23-24-11-12-26-23)13-20(19)15-21(22)14-17-5-2-1-3-6-17/h1-3,5-6,9-13,15-16,25H,8,14H2. The molecule has 3 aromatic carbocycles. The fourth-order valence-corrected chi connectivity index (χ4v) is 2.93. The van der Waals surface area contributed by atoms with Crippen LogP contribution in [0.2, 0.25) is 0 Å². The largest absolute Gasteiger partial charge is 0.508 e. The Morgan fingerprint density at radius 3 is 2.65 bits per heavy atom. The van der Waals surface area contributed by atoms with Crippen molar-refractivity contribution in [3.8, 4) is 17.6 Å². The maximum absolute atomic E-state index is 10.3. The number of hydrogen-bond acceptors (Lipinski definition) is 3. The Balaban J connectivity index is 1.62. The Bertz CT molecular complexity index is 1090. The SMILES string of the molecule is Oc1cc2ccc(C#CCc3ncco3)cc2cc1Cc1ccccc1. The number of benzene rings is 3. The second-order valence-electron chi connectivity index (χ2n) is 6.11. The van der Waals surface area contributed by atoms with Gasteiger partial charge < -0.3 is 9.52 Å². The molecular formula is C23H17NO2. The predicted octanol–water partition coefficient (Wildman–Crippen LogP) is 4.72. The van der Waals surface area contributed by atoms with Gasteiger partial charge in [-0.1, -0.05) is 48.2 Å². The first-order chi connectivity index (χ1) is 12.8. The summed E-state index contributed by atoms with van der Waals surface area (Å²) in [6, 6.07) is 20.0. The van der Waals surface area contributed by atoms with Crippen LogP contribution in [0.25, 0.3) is 10.8 Å². The summed E-state index contributed by atoms with van der Waals surface area (Å²) in [4.78, 5) is 4.06. The lowest BCUT2D eigenvalue weighted by Crippen LogP contribution is -1.89. The van der Waals surface area contributed by atoms with Crippen molar-refractivity contribution in [1.29, 1.82) is 0 Å². The van der Waals surface area contributed by atoms with Crippen molar-refractivity contribution >= 4 is 10.8 Å². The number of rotatable bonds is 3. The highest BCUT2D eigenvalue weighted by atomic mass is 16.3. The van der Waals surface area contributed by atoms with E-state index in [1.807, 2.05) is 48.5 Å². The summed E-state index contributed by atoms with van der Waals surface area (Å²) in [5, 5.41) is 12.4. The molecule has 0 saturated carbocycles. The molecule has 126 valence electrons. The molecule has 0 fully saturated rings. The number of fused-ring (bicyclic) bond motifs is 1. The lowest BCUT2D eigenvalue weighted by atomic mass is 9.99. The van der Waals surface area contributed by atoms with Crippen LogP contribution in [0.1, 0.15) is 22.6 Å². The van der Waals surface area contributed by atoms with Crippen LogP contribution in [-0.2, 0) is 12.8 Å². The molecule has 3 heteroatoms. The number of nitrogens with zero attached hydrogens (tertiary/aromatic N) is 1. The number of aromatic nitrogens is 1. The molecule has 0 radical (unpaired) electrons. The molecule has 0 aliphatic rings. The van der Waals surface area contributed by atoms with Crippen molar-refractivity contribution in [3.05, 3.63) is 95.7 Å². The van der Waals surface area contributed by atoms with Crippen LogP contribution in [0.3, 0.4) is 0 Å². The molecule has 0 atom stereocenters. The molecule has 0 unspecified atom stereocenters. The number of phenolic OH excluding ortho intramolecular Hbond substituents is 1. The van der Waals surface area contributed by atoms with E-state index in [4.69, 9.17) is 4.42 Å². The lowest BCUT2D eigenvalue weighted by molar-refractivity contribution is 0.470. The van der Waals surface area contributed by atoms with Crippen LogP contribution in [-0.4, -0.2) is 10.1 Å². The summed E-state index contributed by atoms with van der Waals surface area (Å²) in [5.41, 5.74) is 3.01. The molecular weight excluding hydrogens is 322 g/mol. The van der Waals surface area contributed by atoms with E-state index in [1.54, 1.807) is 12.5 Å². The zero-order chi connectivity index (χ0) is 17.8. The van der Waals surface area contributed by atoms with E-state index in [-0.39, 0.29) is 0 Å². The molecule has 1 N–H and O–H groups in total. The fraction of sp³-hybridized carbons (Fsp3) is 0.0870. The van der Waals surface area contributed by atoms with Gasteiger partial charge in [0.05, 0.1) is 12.6 Å². The third kappa shape index (κ3) is 3.60. The normalized spacial score (nSPS) is 10.5. The first-order valence-corrected chi connectivity index (χ1v) is 8.45. The Hall–Kier alpha value is -3.51. The number of aromatic hydroxyl groups is 1. The first kappa shape index (κ1) is 16.0. The summed E-state index contributed by atoms with van der Waals surface area (Å²) in [6.07, 6.45) is 4.35. The van der Waals surface area contributed by atoms with Crippen LogP contribution in [0.15, 0.2) is 77.5 Å². The van der Waals surface area contributed by atoms with Crippen LogP contribution < -0.4 is 0 Å². The molecule has 3 nitrogen and oxygen atoms in total. The average Bonchev–Trinajstić information content (AvgIpc) is 3.17. The third-order valence-electron chi connectivity index (χ3n) is 4.23. The van der Waals surface area contributed by atoms with E-state index in [2.05, 4.69) is 29.0 Å². The van der Waals surface area contributed by atoms with E-state index in [1.165, 1.54) is 5.56 Å². The van der Waals surface area contributed by atoms with Crippen molar-refractivity contribution in [2.45, 2.75) is 12.8 Å². The van der Waals surface area contributed by atoms with Crippen LogP contribution in [0, 0.1) is 11.8 Å². The number of hydrogen-bond donors (Lipinski definition) is 1. The zero-order valence-corrected chi connectivity index (χ0v) is 14.1. The van der Waals surface area contributed by atoms with Gasteiger partial charge in [-0.05, 0) is 46.2 Å². The average molecular weight is 339 g/mol. The van der Waals surface area contributed by atoms with Gasteiger partial charge in [0.25, 0.3) is 0 Å². The topological polar surface area (TPSA) is 46.3 Å². The Morgan fingerprint density at radius 1 is 0.962 bits per heavy atom. The first-order valence-electron chi connectivity index (χ1n) is 8.45. The molecule has 0 amide bonds. The summed E-state index contributed by atoms with van der Waals surface area (Å²) in [7, 11) is 0. The van der Waals surface area contributed by atoms with Crippen LogP contribution in [0.5, 0.6) is 5.75 Å². The van der Waals surface area contributed by atoms with E-state index < -0.39 is 0 Å². The maximum atomic E-state index is 10.3. The molecule has 4 rings (SSSR count). The molecule has 0 bridgehead atoms. The van der Waals surface area contributed by atoms with Crippen molar-refractivity contribution < 1.29 is 9.52 Å². The fourth-order valence-electron chi connectivity index (χ4n) is 2.93. The van der Waals surface area contributed by atoms with Gasteiger partial charge in [0.1, 0.15) is 12.0 Å². The minimum Gasteiger partial charge on any atom is -0.508 e. The van der Waals surface area contributed by atoms with Gasteiger partial charge in [-0.25, -0.2) is 4.98 Å². The van der Waals surface area contributed by atoms with E-state index in [0.29, 0.717) is 24.5 Å².